The molecule has 0 aliphatic heterocycles. The Labute approximate surface area is 125 Å². The van der Waals surface area contributed by atoms with Gasteiger partial charge in [0.25, 0.3) is 0 Å². The van der Waals surface area contributed by atoms with Crippen LogP contribution in [-0.4, -0.2) is 63.8 Å². The van der Waals surface area contributed by atoms with Gasteiger partial charge in [-0.2, -0.15) is 0 Å². The van der Waals surface area contributed by atoms with E-state index < -0.39 is 0 Å². The molecule has 0 saturated heterocycles. The van der Waals surface area contributed by atoms with Crippen molar-refractivity contribution in [1.29, 1.82) is 0 Å². The van der Waals surface area contributed by atoms with E-state index in [0.717, 1.165) is 4.48 Å². The van der Waals surface area contributed by atoms with Crippen molar-refractivity contribution in [3.63, 3.8) is 0 Å². The monoisotopic (exact) mass is 274 g/mol. The molecule has 0 N–H and O–H groups in total. The fraction of sp³-hybridized carbons (Fsp3) is 0.882. The number of quaternary nitrogens is 2. The first-order valence-electron chi connectivity index (χ1n) is 7.39. The van der Waals surface area contributed by atoms with Gasteiger partial charge in [0, 0.05) is 6.42 Å². The molecular formula is C17H42N2. The minimum Gasteiger partial charge on any atom is -0.358 e. The summed E-state index contributed by atoms with van der Waals surface area (Å²) in [4.78, 5) is 0. The SMILES string of the molecule is CCCCCCC[N+](C)(C)CCC[N+](C)(C)C.[CH3-].[CH3-]. The van der Waals surface area contributed by atoms with E-state index in [1.165, 1.54) is 62.6 Å². The average molecular weight is 275 g/mol. The normalized spacial score (nSPS) is 11.7. The smallest absolute Gasteiger partial charge is 0.0836 e. The van der Waals surface area contributed by atoms with Crippen LogP contribution in [0.3, 0.4) is 0 Å². The highest BCUT2D eigenvalue weighted by Gasteiger charge is 2.16. The molecule has 19 heavy (non-hydrogen) atoms. The van der Waals surface area contributed by atoms with Crippen LogP contribution in [0.15, 0.2) is 0 Å². The van der Waals surface area contributed by atoms with E-state index in [1.54, 1.807) is 0 Å². The fourth-order valence-electron chi connectivity index (χ4n) is 2.23. The molecule has 0 aliphatic rings. The lowest BCUT2D eigenvalue weighted by molar-refractivity contribution is -0.902. The molecule has 0 radical (unpaired) electrons. The van der Waals surface area contributed by atoms with Crippen LogP contribution in [0.5, 0.6) is 0 Å². The molecule has 0 aromatic heterocycles. The highest BCUT2D eigenvalue weighted by atomic mass is 15.3. The summed E-state index contributed by atoms with van der Waals surface area (Å²) in [6.45, 7) is 6.24. The van der Waals surface area contributed by atoms with Crippen molar-refractivity contribution >= 4 is 0 Å². The van der Waals surface area contributed by atoms with Crippen molar-refractivity contribution in [3.05, 3.63) is 14.9 Å². The first-order valence-corrected chi connectivity index (χ1v) is 7.39. The van der Waals surface area contributed by atoms with Gasteiger partial charge < -0.3 is 23.8 Å². The molecule has 2 heteroatoms. The Morgan fingerprint density at radius 1 is 0.579 bits per heavy atom. The molecule has 120 valence electrons. The number of unbranched alkanes of at least 4 members (excludes halogenated alkanes) is 4. The van der Waals surface area contributed by atoms with Crippen molar-refractivity contribution in [2.45, 2.75) is 45.4 Å². The second-order valence-electron chi connectivity index (χ2n) is 7.16. The predicted molar refractivity (Wildman–Crippen MR) is 90.9 cm³/mol. The Morgan fingerprint density at radius 2 is 1.05 bits per heavy atom. The third-order valence-electron chi connectivity index (χ3n) is 3.46. The van der Waals surface area contributed by atoms with Crippen LogP contribution in [-0.2, 0) is 0 Å². The number of hydrogen-bond acceptors (Lipinski definition) is 0. The quantitative estimate of drug-likeness (QED) is 0.320. The molecule has 2 nitrogen and oxygen atoms in total. The van der Waals surface area contributed by atoms with Crippen molar-refractivity contribution in [2.75, 3.05) is 54.9 Å². The second-order valence-corrected chi connectivity index (χ2v) is 7.16. The predicted octanol–water partition coefficient (Wildman–Crippen LogP) is 4.03. The van der Waals surface area contributed by atoms with E-state index in [-0.39, 0.29) is 14.9 Å². The zero-order valence-electron chi connectivity index (χ0n) is 15.3. The van der Waals surface area contributed by atoms with Gasteiger partial charge in [0.1, 0.15) is 0 Å². The Bertz CT molecular complexity index is 180. The van der Waals surface area contributed by atoms with Gasteiger partial charge in [-0.15, -0.1) is 0 Å². The van der Waals surface area contributed by atoms with E-state index in [9.17, 15) is 0 Å². The summed E-state index contributed by atoms with van der Waals surface area (Å²) >= 11 is 0. The number of rotatable bonds is 10. The first kappa shape index (κ1) is 24.0. The Balaban J connectivity index is -0.00000128. The summed E-state index contributed by atoms with van der Waals surface area (Å²) < 4.78 is 2.29. The van der Waals surface area contributed by atoms with Gasteiger partial charge in [-0.05, 0) is 12.8 Å². The van der Waals surface area contributed by atoms with Gasteiger partial charge in [-0.3, -0.25) is 0 Å². The molecule has 0 spiro atoms. The van der Waals surface area contributed by atoms with E-state index in [0.29, 0.717) is 0 Å². The summed E-state index contributed by atoms with van der Waals surface area (Å²) in [6.07, 6.45) is 8.35. The summed E-state index contributed by atoms with van der Waals surface area (Å²) in [5.74, 6) is 0. The highest BCUT2D eigenvalue weighted by molar-refractivity contribution is 4.43. The molecule has 0 unspecified atom stereocenters. The average Bonchev–Trinajstić information content (AvgIpc) is 2.14. The van der Waals surface area contributed by atoms with Crippen LogP contribution in [0.4, 0.5) is 0 Å². The Kier molecular flexibility index (Phi) is 14.8. The van der Waals surface area contributed by atoms with Crippen molar-refractivity contribution in [2.24, 2.45) is 0 Å². The van der Waals surface area contributed by atoms with E-state index in [4.69, 9.17) is 0 Å². The van der Waals surface area contributed by atoms with Crippen molar-refractivity contribution in [1.82, 2.24) is 0 Å². The molecular weight excluding hydrogens is 232 g/mol. The van der Waals surface area contributed by atoms with Crippen molar-refractivity contribution < 1.29 is 8.97 Å². The highest BCUT2D eigenvalue weighted by Crippen LogP contribution is 2.08. The van der Waals surface area contributed by atoms with Crippen LogP contribution in [0, 0.1) is 14.9 Å². The van der Waals surface area contributed by atoms with Gasteiger partial charge in [-0.1, -0.05) is 26.2 Å². The lowest BCUT2D eigenvalue weighted by atomic mass is 10.1. The van der Waals surface area contributed by atoms with Gasteiger partial charge in [0.05, 0.1) is 54.9 Å². The lowest BCUT2D eigenvalue weighted by Crippen LogP contribution is -2.44. The molecule has 0 bridgehead atoms. The zero-order valence-corrected chi connectivity index (χ0v) is 15.3. The third kappa shape index (κ3) is 17.9. The summed E-state index contributed by atoms with van der Waals surface area (Å²) in [7, 11) is 11.6. The molecule has 0 rings (SSSR count). The maximum absolute atomic E-state index is 2.38. The number of hydrogen-bond donors (Lipinski definition) is 0. The Hall–Kier alpha value is -0.0800. The molecule has 0 aliphatic carbocycles. The fourth-order valence-corrected chi connectivity index (χ4v) is 2.23. The van der Waals surface area contributed by atoms with Gasteiger partial charge in [0.15, 0.2) is 0 Å². The molecule has 0 atom stereocenters. The summed E-state index contributed by atoms with van der Waals surface area (Å²) in [5.41, 5.74) is 0. The van der Waals surface area contributed by atoms with Crippen molar-refractivity contribution in [3.8, 4) is 0 Å². The van der Waals surface area contributed by atoms with Crippen LogP contribution in [0.1, 0.15) is 45.4 Å². The lowest BCUT2D eigenvalue weighted by Gasteiger charge is -2.31. The largest absolute Gasteiger partial charge is 0.358 e. The summed E-state index contributed by atoms with van der Waals surface area (Å²) in [5, 5.41) is 0. The van der Waals surface area contributed by atoms with Gasteiger partial charge >= 0.3 is 0 Å². The van der Waals surface area contributed by atoms with Crippen LogP contribution < -0.4 is 0 Å². The standard InChI is InChI=1S/C15H36N2.2CH3/c1-7-8-9-10-11-14-17(5,6)15-12-13-16(2,3)4;;/h7-15H2,1-6H3;2*1H3/q+2;2*-1. The van der Waals surface area contributed by atoms with Crippen LogP contribution in [0.25, 0.3) is 0 Å². The van der Waals surface area contributed by atoms with Crippen LogP contribution in [0.2, 0.25) is 0 Å². The topological polar surface area (TPSA) is 0 Å². The second kappa shape index (κ2) is 11.7. The molecule has 0 amide bonds. The molecule has 0 heterocycles. The number of nitrogens with zero attached hydrogens (tertiary/aromatic N) is 2. The van der Waals surface area contributed by atoms with Crippen LogP contribution >= 0.6 is 0 Å². The molecule has 0 saturated carbocycles. The summed E-state index contributed by atoms with van der Waals surface area (Å²) in [6, 6.07) is 0. The van der Waals surface area contributed by atoms with E-state index in [1.807, 2.05) is 0 Å². The maximum Gasteiger partial charge on any atom is 0.0836 e. The molecule has 0 fully saturated rings. The van der Waals surface area contributed by atoms with Gasteiger partial charge in [-0.25, -0.2) is 0 Å². The molecule has 0 aromatic carbocycles. The molecule has 0 aromatic rings. The first-order chi connectivity index (χ1) is 7.77. The third-order valence-corrected chi connectivity index (χ3v) is 3.46. The minimum absolute atomic E-state index is 0. The van der Waals surface area contributed by atoms with Gasteiger partial charge in [0.2, 0.25) is 0 Å². The Morgan fingerprint density at radius 3 is 1.53 bits per heavy atom. The minimum atomic E-state index is 0. The zero-order chi connectivity index (χ0) is 13.4. The maximum atomic E-state index is 2.38. The van der Waals surface area contributed by atoms with E-state index in [2.05, 4.69) is 42.2 Å². The van der Waals surface area contributed by atoms with E-state index >= 15 is 0 Å².